The van der Waals surface area contributed by atoms with Gasteiger partial charge in [0, 0.05) is 26.5 Å². The molecule has 3 heteroatoms. The quantitative estimate of drug-likeness (QED) is 0.810. The Labute approximate surface area is 104 Å². The maximum Gasteiger partial charge on any atom is 0.107 e. The Morgan fingerprint density at radius 1 is 1.20 bits per heavy atom. The minimum absolute atomic E-state index is 0. The Kier molecular flexibility index (Phi) is 5.00. The smallest absolute Gasteiger partial charge is 0.107 e. The van der Waals surface area contributed by atoms with E-state index in [1.165, 1.54) is 19.3 Å². The average molecular weight is 380 g/mol. The van der Waals surface area contributed by atoms with E-state index in [0.717, 1.165) is 23.3 Å². The van der Waals surface area contributed by atoms with E-state index in [9.17, 15) is 0 Å². The van der Waals surface area contributed by atoms with Crippen LogP contribution >= 0.6 is 0 Å². The topological polar surface area (TPSA) is 28.7 Å². The maximum atomic E-state index is 4.53. The first-order valence-corrected chi connectivity index (χ1v) is 5.34. The van der Waals surface area contributed by atoms with Gasteiger partial charge in [-0.3, -0.25) is 0 Å². The van der Waals surface area contributed by atoms with Gasteiger partial charge in [-0.1, -0.05) is 31.9 Å². The zero-order valence-corrected chi connectivity index (χ0v) is 11.3. The van der Waals surface area contributed by atoms with E-state index in [1.54, 1.807) is 0 Å². The fourth-order valence-electron chi connectivity index (χ4n) is 1.67. The second-order valence-corrected chi connectivity index (χ2v) is 3.66. The molecule has 0 amide bonds. The minimum Gasteiger partial charge on any atom is -0.342 e. The van der Waals surface area contributed by atoms with Crippen LogP contribution in [0.2, 0.25) is 0 Å². The molecule has 2 aromatic rings. The summed E-state index contributed by atoms with van der Waals surface area (Å²) in [5.41, 5.74) is 2.23. The first kappa shape index (κ1) is 12.4. The summed E-state index contributed by atoms with van der Waals surface area (Å²) in [6, 6.07) is 8.19. The summed E-state index contributed by atoms with van der Waals surface area (Å²) in [5, 5.41) is 0. The van der Waals surface area contributed by atoms with Gasteiger partial charge in [0.1, 0.15) is 5.82 Å². The molecular weight excluding hydrogens is 364 g/mol. The Hall–Kier alpha value is -0.661. The number of para-hydroxylation sites is 2. The van der Waals surface area contributed by atoms with Crippen LogP contribution in [0.4, 0.5) is 0 Å². The van der Waals surface area contributed by atoms with Gasteiger partial charge in [0.15, 0.2) is 0 Å². The van der Waals surface area contributed by atoms with Gasteiger partial charge in [0.25, 0.3) is 0 Å². The third-order valence-corrected chi connectivity index (χ3v) is 2.46. The molecule has 1 N–H and O–H groups in total. The molecule has 0 bridgehead atoms. The molecule has 0 saturated carbocycles. The normalized spacial score (nSPS) is 10.2. The Morgan fingerprint density at radius 3 is 2.73 bits per heavy atom. The SMILES string of the molecule is CCCCCc1nc2ccccc2[nH]1.[Ir]. The molecule has 0 aliphatic carbocycles. The summed E-state index contributed by atoms with van der Waals surface area (Å²) in [6.07, 6.45) is 4.86. The molecule has 0 spiro atoms. The molecule has 2 nitrogen and oxygen atoms in total. The number of nitrogens with one attached hydrogen (secondary N) is 1. The molecule has 2 rings (SSSR count). The van der Waals surface area contributed by atoms with Crippen LogP contribution in [-0.4, -0.2) is 9.97 Å². The van der Waals surface area contributed by atoms with Gasteiger partial charge in [0.05, 0.1) is 11.0 Å². The van der Waals surface area contributed by atoms with Crippen LogP contribution in [0.1, 0.15) is 32.0 Å². The third-order valence-electron chi connectivity index (χ3n) is 2.46. The van der Waals surface area contributed by atoms with Crippen LogP contribution in [0.5, 0.6) is 0 Å². The number of hydrogen-bond acceptors (Lipinski definition) is 1. The van der Waals surface area contributed by atoms with Crippen LogP contribution in [0.3, 0.4) is 0 Å². The number of imidazole rings is 1. The number of rotatable bonds is 4. The number of aryl methyl sites for hydroxylation is 1. The zero-order valence-electron chi connectivity index (χ0n) is 8.92. The van der Waals surface area contributed by atoms with Gasteiger partial charge in [-0.25, -0.2) is 4.98 Å². The number of nitrogens with zero attached hydrogens (tertiary/aromatic N) is 1. The van der Waals surface area contributed by atoms with Crippen molar-refractivity contribution in [2.24, 2.45) is 0 Å². The van der Waals surface area contributed by atoms with E-state index in [2.05, 4.69) is 29.0 Å². The average Bonchev–Trinajstić information content (AvgIpc) is 2.60. The van der Waals surface area contributed by atoms with Crippen LogP contribution < -0.4 is 0 Å². The second kappa shape index (κ2) is 6.04. The molecule has 1 heterocycles. The monoisotopic (exact) mass is 381 g/mol. The summed E-state index contributed by atoms with van der Waals surface area (Å²) in [4.78, 5) is 7.87. The molecule has 0 aliphatic rings. The van der Waals surface area contributed by atoms with Crippen molar-refractivity contribution < 1.29 is 20.1 Å². The molecule has 0 unspecified atom stereocenters. The van der Waals surface area contributed by atoms with Gasteiger partial charge >= 0.3 is 0 Å². The Bertz CT molecular complexity index is 376. The maximum absolute atomic E-state index is 4.53. The molecule has 0 fully saturated rings. The molecule has 0 saturated heterocycles. The third kappa shape index (κ3) is 3.15. The zero-order chi connectivity index (χ0) is 9.80. The van der Waals surface area contributed by atoms with Gasteiger partial charge < -0.3 is 4.98 Å². The van der Waals surface area contributed by atoms with Crippen molar-refractivity contribution in [1.29, 1.82) is 0 Å². The minimum atomic E-state index is 0. The number of H-pyrrole nitrogens is 1. The van der Waals surface area contributed by atoms with E-state index in [4.69, 9.17) is 0 Å². The molecule has 1 aromatic heterocycles. The summed E-state index contributed by atoms with van der Waals surface area (Å²) in [6.45, 7) is 2.22. The second-order valence-electron chi connectivity index (χ2n) is 3.66. The predicted molar refractivity (Wildman–Crippen MR) is 59.3 cm³/mol. The van der Waals surface area contributed by atoms with Crippen LogP contribution in [-0.2, 0) is 26.5 Å². The number of aromatic nitrogens is 2. The van der Waals surface area contributed by atoms with Crippen molar-refractivity contribution >= 4 is 11.0 Å². The van der Waals surface area contributed by atoms with Crippen LogP contribution in [0.25, 0.3) is 11.0 Å². The van der Waals surface area contributed by atoms with Crippen molar-refractivity contribution in [3.63, 3.8) is 0 Å². The summed E-state index contributed by atoms with van der Waals surface area (Å²) in [7, 11) is 0. The number of fused-ring (bicyclic) bond motifs is 1. The number of unbranched alkanes of at least 4 members (excludes halogenated alkanes) is 2. The first-order valence-electron chi connectivity index (χ1n) is 5.34. The molecule has 0 atom stereocenters. The van der Waals surface area contributed by atoms with Gasteiger partial charge in [-0.05, 0) is 18.6 Å². The van der Waals surface area contributed by atoms with Crippen molar-refractivity contribution in [2.45, 2.75) is 32.6 Å². The number of hydrogen-bond donors (Lipinski definition) is 1. The van der Waals surface area contributed by atoms with E-state index in [0.29, 0.717) is 0 Å². The van der Waals surface area contributed by atoms with Crippen LogP contribution in [0, 0.1) is 0 Å². The van der Waals surface area contributed by atoms with Crippen molar-refractivity contribution in [1.82, 2.24) is 9.97 Å². The first-order chi connectivity index (χ1) is 6.90. The summed E-state index contributed by atoms with van der Waals surface area (Å²) >= 11 is 0. The molecular formula is C12H16IrN2. The van der Waals surface area contributed by atoms with Crippen molar-refractivity contribution in [2.75, 3.05) is 0 Å². The molecule has 83 valence electrons. The standard InChI is InChI=1S/C12H16N2.Ir/c1-2-3-4-9-12-13-10-7-5-6-8-11(10)14-12;/h5-8H,2-4,9H2,1H3,(H,13,14);. The van der Waals surface area contributed by atoms with Crippen molar-refractivity contribution in [3.05, 3.63) is 30.1 Å². The molecule has 1 aromatic carbocycles. The largest absolute Gasteiger partial charge is 0.342 e. The molecule has 1 radical (unpaired) electrons. The fourth-order valence-corrected chi connectivity index (χ4v) is 1.67. The molecule has 0 aliphatic heterocycles. The van der Waals surface area contributed by atoms with Gasteiger partial charge in [-0.15, -0.1) is 0 Å². The molecule has 15 heavy (non-hydrogen) atoms. The van der Waals surface area contributed by atoms with Gasteiger partial charge in [-0.2, -0.15) is 0 Å². The van der Waals surface area contributed by atoms with Crippen LogP contribution in [0.15, 0.2) is 24.3 Å². The van der Waals surface area contributed by atoms with E-state index in [-0.39, 0.29) is 20.1 Å². The Balaban J connectivity index is 0.00000112. The van der Waals surface area contributed by atoms with E-state index in [1.807, 2.05) is 12.1 Å². The Morgan fingerprint density at radius 2 is 2.00 bits per heavy atom. The van der Waals surface area contributed by atoms with E-state index < -0.39 is 0 Å². The summed E-state index contributed by atoms with van der Waals surface area (Å²) < 4.78 is 0. The number of aromatic amines is 1. The fraction of sp³-hybridized carbons (Fsp3) is 0.417. The predicted octanol–water partition coefficient (Wildman–Crippen LogP) is 3.29. The van der Waals surface area contributed by atoms with Gasteiger partial charge in [0.2, 0.25) is 0 Å². The number of benzene rings is 1. The van der Waals surface area contributed by atoms with E-state index >= 15 is 0 Å². The van der Waals surface area contributed by atoms with Crippen molar-refractivity contribution in [3.8, 4) is 0 Å². The summed E-state index contributed by atoms with van der Waals surface area (Å²) in [5.74, 6) is 1.12.